The van der Waals surface area contributed by atoms with Crippen molar-refractivity contribution in [2.75, 3.05) is 18.1 Å². The monoisotopic (exact) mass is 394 g/mol. The number of hydrogen-bond donors (Lipinski definition) is 0. The lowest BCUT2D eigenvalue weighted by Crippen LogP contribution is -2.45. The minimum atomic E-state index is -0.0423. The summed E-state index contributed by atoms with van der Waals surface area (Å²) in [5, 5.41) is 0.724. The fraction of sp³-hybridized carbons (Fsp3) is 0.318. The fourth-order valence-electron chi connectivity index (χ4n) is 3.43. The summed E-state index contributed by atoms with van der Waals surface area (Å²) in [6, 6.07) is 14.1. The Kier molecular flexibility index (Phi) is 5.55. The third-order valence-electron chi connectivity index (χ3n) is 5.01. The van der Waals surface area contributed by atoms with Gasteiger partial charge in [-0.15, -0.1) is 0 Å². The normalized spacial score (nSPS) is 19.6. The molecule has 1 fully saturated rings. The number of aryl methyl sites for hydroxylation is 1. The SMILES string of the molecule is CCc1cc(N2CC(c3cccc(Cl)c3)OCC2C)nc(-c2ccncc2)n1. The zero-order valence-corrected chi connectivity index (χ0v) is 16.8. The topological polar surface area (TPSA) is 51.1 Å². The van der Waals surface area contributed by atoms with Crippen LogP contribution in [-0.4, -0.2) is 34.1 Å². The Morgan fingerprint density at radius 1 is 1.14 bits per heavy atom. The molecule has 0 bridgehead atoms. The zero-order valence-electron chi connectivity index (χ0n) is 16.0. The summed E-state index contributed by atoms with van der Waals surface area (Å²) >= 11 is 6.18. The van der Waals surface area contributed by atoms with E-state index in [0.29, 0.717) is 6.61 Å². The predicted molar refractivity (Wildman–Crippen MR) is 112 cm³/mol. The van der Waals surface area contributed by atoms with Gasteiger partial charge in [-0.1, -0.05) is 30.7 Å². The highest BCUT2D eigenvalue weighted by Gasteiger charge is 2.29. The number of morpholine rings is 1. The van der Waals surface area contributed by atoms with Crippen LogP contribution in [0.25, 0.3) is 11.4 Å². The number of aromatic nitrogens is 3. The third kappa shape index (κ3) is 4.01. The van der Waals surface area contributed by atoms with Crippen molar-refractivity contribution in [1.29, 1.82) is 0 Å². The molecule has 1 aromatic carbocycles. The minimum Gasteiger partial charge on any atom is -0.370 e. The van der Waals surface area contributed by atoms with Crippen LogP contribution >= 0.6 is 11.6 Å². The maximum Gasteiger partial charge on any atom is 0.161 e. The van der Waals surface area contributed by atoms with Gasteiger partial charge in [-0.2, -0.15) is 0 Å². The number of halogens is 1. The molecule has 2 unspecified atom stereocenters. The number of nitrogens with zero attached hydrogens (tertiary/aromatic N) is 4. The summed E-state index contributed by atoms with van der Waals surface area (Å²) in [5.74, 6) is 1.66. The number of ether oxygens (including phenoxy) is 1. The van der Waals surface area contributed by atoms with E-state index in [4.69, 9.17) is 26.3 Å². The van der Waals surface area contributed by atoms with Crippen LogP contribution in [0.2, 0.25) is 5.02 Å². The van der Waals surface area contributed by atoms with Gasteiger partial charge >= 0.3 is 0 Å². The van der Waals surface area contributed by atoms with Crippen molar-refractivity contribution < 1.29 is 4.74 Å². The summed E-state index contributed by atoms with van der Waals surface area (Å²) in [4.78, 5) is 16.0. The van der Waals surface area contributed by atoms with E-state index in [0.717, 1.165) is 46.5 Å². The van der Waals surface area contributed by atoms with Gasteiger partial charge < -0.3 is 9.64 Å². The molecule has 5 nitrogen and oxygen atoms in total. The number of rotatable bonds is 4. The zero-order chi connectivity index (χ0) is 19.5. The Morgan fingerprint density at radius 2 is 1.96 bits per heavy atom. The van der Waals surface area contributed by atoms with Crippen molar-refractivity contribution in [3.05, 3.63) is 71.1 Å². The van der Waals surface area contributed by atoms with Crippen LogP contribution in [-0.2, 0) is 11.2 Å². The molecule has 6 heteroatoms. The smallest absolute Gasteiger partial charge is 0.161 e. The van der Waals surface area contributed by atoms with Gasteiger partial charge in [0.15, 0.2) is 5.82 Å². The van der Waals surface area contributed by atoms with E-state index in [1.807, 2.05) is 30.3 Å². The van der Waals surface area contributed by atoms with E-state index >= 15 is 0 Å². The molecule has 0 amide bonds. The molecule has 1 aliphatic heterocycles. The van der Waals surface area contributed by atoms with Gasteiger partial charge in [0.1, 0.15) is 11.9 Å². The van der Waals surface area contributed by atoms with E-state index < -0.39 is 0 Å². The van der Waals surface area contributed by atoms with Gasteiger partial charge in [0.25, 0.3) is 0 Å². The number of anilines is 1. The van der Waals surface area contributed by atoms with E-state index in [9.17, 15) is 0 Å². The molecule has 144 valence electrons. The summed E-state index contributed by atoms with van der Waals surface area (Å²) in [5.41, 5.74) is 3.08. The van der Waals surface area contributed by atoms with Crippen LogP contribution in [0, 0.1) is 0 Å². The Balaban J connectivity index is 1.68. The maximum atomic E-state index is 6.18. The molecule has 3 aromatic rings. The molecule has 1 saturated heterocycles. The van der Waals surface area contributed by atoms with Crippen molar-refractivity contribution in [1.82, 2.24) is 15.0 Å². The first kappa shape index (κ1) is 18.8. The first-order valence-electron chi connectivity index (χ1n) is 9.56. The van der Waals surface area contributed by atoms with Crippen LogP contribution in [0.1, 0.15) is 31.2 Å². The van der Waals surface area contributed by atoms with Crippen molar-refractivity contribution in [2.24, 2.45) is 0 Å². The molecule has 2 atom stereocenters. The lowest BCUT2D eigenvalue weighted by atomic mass is 10.1. The van der Waals surface area contributed by atoms with Crippen LogP contribution in [0.15, 0.2) is 54.9 Å². The fourth-order valence-corrected chi connectivity index (χ4v) is 3.62. The molecule has 0 radical (unpaired) electrons. The average molecular weight is 395 g/mol. The Hall–Kier alpha value is -2.50. The quantitative estimate of drug-likeness (QED) is 0.640. The highest BCUT2D eigenvalue weighted by Crippen LogP contribution is 2.30. The summed E-state index contributed by atoms with van der Waals surface area (Å²) in [6.07, 6.45) is 4.34. The minimum absolute atomic E-state index is 0.0423. The number of hydrogen-bond acceptors (Lipinski definition) is 5. The van der Waals surface area contributed by atoms with Crippen LogP contribution in [0.5, 0.6) is 0 Å². The second-order valence-corrected chi connectivity index (χ2v) is 7.45. The Morgan fingerprint density at radius 3 is 2.71 bits per heavy atom. The second kappa shape index (κ2) is 8.25. The summed E-state index contributed by atoms with van der Waals surface area (Å²) < 4.78 is 6.10. The van der Waals surface area contributed by atoms with Crippen molar-refractivity contribution >= 4 is 17.4 Å². The van der Waals surface area contributed by atoms with Gasteiger partial charge in [-0.05, 0) is 43.2 Å². The molecule has 0 N–H and O–H groups in total. The van der Waals surface area contributed by atoms with Gasteiger partial charge in [-0.3, -0.25) is 4.98 Å². The summed E-state index contributed by atoms with van der Waals surface area (Å²) in [7, 11) is 0. The van der Waals surface area contributed by atoms with E-state index in [-0.39, 0.29) is 12.1 Å². The van der Waals surface area contributed by atoms with Gasteiger partial charge in [0.05, 0.1) is 19.2 Å². The molecule has 3 heterocycles. The second-order valence-electron chi connectivity index (χ2n) is 7.01. The first-order valence-corrected chi connectivity index (χ1v) is 9.94. The van der Waals surface area contributed by atoms with E-state index in [1.165, 1.54) is 0 Å². The van der Waals surface area contributed by atoms with Crippen LogP contribution < -0.4 is 4.90 Å². The molecule has 28 heavy (non-hydrogen) atoms. The molecular weight excluding hydrogens is 372 g/mol. The van der Waals surface area contributed by atoms with E-state index in [1.54, 1.807) is 12.4 Å². The molecule has 2 aromatic heterocycles. The van der Waals surface area contributed by atoms with Gasteiger partial charge in [0, 0.05) is 34.7 Å². The molecule has 4 rings (SSSR count). The highest BCUT2D eigenvalue weighted by atomic mass is 35.5. The molecule has 0 spiro atoms. The van der Waals surface area contributed by atoms with Crippen LogP contribution in [0.3, 0.4) is 0 Å². The highest BCUT2D eigenvalue weighted by molar-refractivity contribution is 6.30. The average Bonchev–Trinajstić information content (AvgIpc) is 2.74. The Bertz CT molecular complexity index is 950. The lowest BCUT2D eigenvalue weighted by Gasteiger charge is -2.39. The van der Waals surface area contributed by atoms with Crippen molar-refractivity contribution in [3.63, 3.8) is 0 Å². The molecule has 0 aliphatic carbocycles. The maximum absolute atomic E-state index is 6.18. The summed E-state index contributed by atoms with van der Waals surface area (Å²) in [6.45, 7) is 5.62. The third-order valence-corrected chi connectivity index (χ3v) is 5.25. The number of benzene rings is 1. The Labute approximate surface area is 170 Å². The predicted octanol–water partition coefficient (Wildman–Crippen LogP) is 4.72. The molecular formula is C22H23ClN4O. The van der Waals surface area contributed by atoms with Crippen molar-refractivity contribution in [2.45, 2.75) is 32.4 Å². The first-order chi connectivity index (χ1) is 13.6. The van der Waals surface area contributed by atoms with Crippen molar-refractivity contribution in [3.8, 4) is 11.4 Å². The molecule has 0 saturated carbocycles. The van der Waals surface area contributed by atoms with Gasteiger partial charge in [-0.25, -0.2) is 9.97 Å². The number of pyridine rings is 1. The van der Waals surface area contributed by atoms with E-state index in [2.05, 4.69) is 35.9 Å². The van der Waals surface area contributed by atoms with Gasteiger partial charge in [0.2, 0.25) is 0 Å². The standard InChI is InChI=1S/C22H23ClN4O/c1-3-19-12-21(26-22(25-19)16-7-9-24-10-8-16)27-13-20(28-14-15(27)2)17-5-4-6-18(23)11-17/h4-12,15,20H,3,13-14H2,1-2H3. The molecule has 1 aliphatic rings. The lowest BCUT2D eigenvalue weighted by molar-refractivity contribution is 0.0212. The largest absolute Gasteiger partial charge is 0.370 e. The van der Waals surface area contributed by atoms with Crippen LogP contribution in [0.4, 0.5) is 5.82 Å².